The van der Waals surface area contributed by atoms with Crippen LogP contribution in [-0.2, 0) is 11.3 Å². The molecule has 1 heterocycles. The molecule has 5 nitrogen and oxygen atoms in total. The van der Waals surface area contributed by atoms with Crippen molar-refractivity contribution in [2.24, 2.45) is 0 Å². The molecule has 1 unspecified atom stereocenters. The van der Waals surface area contributed by atoms with Gasteiger partial charge in [-0.1, -0.05) is 48.5 Å². The lowest BCUT2D eigenvalue weighted by atomic mass is 10.0. The third-order valence-electron chi connectivity index (χ3n) is 5.11. The van der Waals surface area contributed by atoms with Gasteiger partial charge in [0, 0.05) is 43.7 Å². The van der Waals surface area contributed by atoms with Gasteiger partial charge in [-0.05, 0) is 37.5 Å². The first-order valence-corrected chi connectivity index (χ1v) is 10.0. The van der Waals surface area contributed by atoms with Crippen LogP contribution in [0.25, 0.3) is 0 Å². The van der Waals surface area contributed by atoms with Gasteiger partial charge in [-0.2, -0.15) is 0 Å². The fraction of sp³-hybridized carbons (Fsp3) is 0.391. The van der Waals surface area contributed by atoms with Gasteiger partial charge < -0.3 is 10.6 Å². The molecule has 148 valence electrons. The van der Waals surface area contributed by atoms with Crippen LogP contribution >= 0.6 is 0 Å². The number of rotatable bonds is 7. The predicted molar refractivity (Wildman–Crippen MR) is 111 cm³/mol. The van der Waals surface area contributed by atoms with E-state index in [-0.39, 0.29) is 23.9 Å². The number of nitrogens with zero attached hydrogens (tertiary/aromatic N) is 1. The summed E-state index contributed by atoms with van der Waals surface area (Å²) in [4.78, 5) is 26.9. The Kier molecular flexibility index (Phi) is 7.20. The Morgan fingerprint density at radius 1 is 1.00 bits per heavy atom. The first-order chi connectivity index (χ1) is 13.6. The topological polar surface area (TPSA) is 61.4 Å². The van der Waals surface area contributed by atoms with Crippen molar-refractivity contribution in [1.29, 1.82) is 0 Å². The van der Waals surface area contributed by atoms with E-state index < -0.39 is 0 Å². The maximum Gasteiger partial charge on any atom is 0.251 e. The first-order valence-electron chi connectivity index (χ1n) is 10.0. The summed E-state index contributed by atoms with van der Waals surface area (Å²) >= 11 is 0. The normalized spacial score (nSPS) is 16.3. The summed E-state index contributed by atoms with van der Waals surface area (Å²) < 4.78 is 0. The van der Waals surface area contributed by atoms with Gasteiger partial charge in [-0.15, -0.1) is 0 Å². The van der Waals surface area contributed by atoms with E-state index in [1.807, 2.05) is 31.2 Å². The van der Waals surface area contributed by atoms with E-state index in [1.165, 1.54) is 5.56 Å². The van der Waals surface area contributed by atoms with E-state index in [4.69, 9.17) is 0 Å². The molecule has 5 heteroatoms. The van der Waals surface area contributed by atoms with Gasteiger partial charge in [0.05, 0.1) is 0 Å². The number of piperidine rings is 1. The lowest BCUT2D eigenvalue weighted by Crippen LogP contribution is -2.46. The number of carbonyl (C=O) groups is 2. The Hall–Kier alpha value is -2.66. The van der Waals surface area contributed by atoms with E-state index in [1.54, 1.807) is 12.1 Å². The van der Waals surface area contributed by atoms with Gasteiger partial charge in [0.15, 0.2) is 0 Å². The highest BCUT2D eigenvalue weighted by Gasteiger charge is 2.21. The molecule has 2 aromatic carbocycles. The monoisotopic (exact) mass is 379 g/mol. The zero-order chi connectivity index (χ0) is 19.8. The Bertz CT molecular complexity index is 756. The lowest BCUT2D eigenvalue weighted by Gasteiger charge is -2.32. The second kappa shape index (κ2) is 10.0. The molecular weight excluding hydrogens is 350 g/mol. The molecule has 28 heavy (non-hydrogen) atoms. The molecule has 0 radical (unpaired) electrons. The largest absolute Gasteiger partial charge is 0.353 e. The third-order valence-corrected chi connectivity index (χ3v) is 5.11. The molecule has 0 bridgehead atoms. The Morgan fingerprint density at radius 3 is 2.25 bits per heavy atom. The molecule has 2 aromatic rings. The molecule has 3 rings (SSSR count). The van der Waals surface area contributed by atoms with E-state index in [0.29, 0.717) is 12.0 Å². The Morgan fingerprint density at radius 2 is 1.61 bits per heavy atom. The summed E-state index contributed by atoms with van der Waals surface area (Å²) in [5.74, 6) is -0.141. The number of nitrogens with one attached hydrogen (secondary N) is 2. The molecule has 1 aliphatic heterocycles. The van der Waals surface area contributed by atoms with E-state index in [9.17, 15) is 9.59 Å². The second-order valence-electron chi connectivity index (χ2n) is 7.55. The number of hydrogen-bond donors (Lipinski definition) is 2. The van der Waals surface area contributed by atoms with Gasteiger partial charge in [0.25, 0.3) is 5.91 Å². The van der Waals surface area contributed by atoms with Crippen LogP contribution in [0.3, 0.4) is 0 Å². The highest BCUT2D eigenvalue weighted by atomic mass is 16.2. The molecule has 0 aromatic heterocycles. The molecule has 0 aliphatic carbocycles. The van der Waals surface area contributed by atoms with Crippen molar-refractivity contribution in [2.45, 2.75) is 44.8 Å². The summed E-state index contributed by atoms with van der Waals surface area (Å²) in [7, 11) is 0. The third kappa shape index (κ3) is 6.20. The van der Waals surface area contributed by atoms with Crippen LogP contribution < -0.4 is 10.6 Å². The predicted octanol–water partition coefficient (Wildman–Crippen LogP) is 2.98. The molecule has 1 fully saturated rings. The summed E-state index contributed by atoms with van der Waals surface area (Å²) in [6.07, 6.45) is 2.22. The average molecular weight is 380 g/mol. The van der Waals surface area contributed by atoms with Gasteiger partial charge in [-0.3, -0.25) is 14.5 Å². The summed E-state index contributed by atoms with van der Waals surface area (Å²) in [6.45, 7) is 4.80. The second-order valence-corrected chi connectivity index (χ2v) is 7.55. The molecule has 0 saturated carbocycles. The van der Waals surface area contributed by atoms with Crippen molar-refractivity contribution < 1.29 is 9.59 Å². The van der Waals surface area contributed by atoms with Crippen molar-refractivity contribution in [3.8, 4) is 0 Å². The zero-order valence-electron chi connectivity index (χ0n) is 16.4. The maximum atomic E-state index is 12.3. The summed E-state index contributed by atoms with van der Waals surface area (Å²) in [5, 5.41) is 6.02. The summed E-state index contributed by atoms with van der Waals surface area (Å²) in [6, 6.07) is 19.6. The molecule has 0 spiro atoms. The summed E-state index contributed by atoms with van der Waals surface area (Å²) in [5.41, 5.74) is 1.94. The van der Waals surface area contributed by atoms with Crippen molar-refractivity contribution in [3.05, 3.63) is 71.8 Å². The number of carbonyl (C=O) groups excluding carboxylic acids is 2. The highest BCUT2D eigenvalue weighted by Crippen LogP contribution is 2.14. The molecule has 1 saturated heterocycles. The lowest BCUT2D eigenvalue weighted by molar-refractivity contribution is -0.122. The van der Waals surface area contributed by atoms with Gasteiger partial charge in [0.2, 0.25) is 5.91 Å². The number of benzene rings is 2. The van der Waals surface area contributed by atoms with E-state index >= 15 is 0 Å². The van der Waals surface area contributed by atoms with Crippen molar-refractivity contribution in [2.75, 3.05) is 13.1 Å². The quantitative estimate of drug-likeness (QED) is 0.777. The molecule has 2 amide bonds. The Labute approximate surface area is 167 Å². The zero-order valence-corrected chi connectivity index (χ0v) is 16.4. The minimum Gasteiger partial charge on any atom is -0.353 e. The van der Waals surface area contributed by atoms with Crippen molar-refractivity contribution >= 4 is 11.8 Å². The smallest absolute Gasteiger partial charge is 0.251 e. The van der Waals surface area contributed by atoms with Gasteiger partial charge >= 0.3 is 0 Å². The van der Waals surface area contributed by atoms with Crippen molar-refractivity contribution in [3.63, 3.8) is 0 Å². The van der Waals surface area contributed by atoms with E-state index in [0.717, 1.165) is 32.5 Å². The number of hydrogen-bond acceptors (Lipinski definition) is 3. The van der Waals surface area contributed by atoms with Gasteiger partial charge in [-0.25, -0.2) is 0 Å². The molecule has 1 aliphatic rings. The van der Waals surface area contributed by atoms with Crippen molar-refractivity contribution in [1.82, 2.24) is 15.5 Å². The highest BCUT2D eigenvalue weighted by molar-refractivity contribution is 5.94. The van der Waals surface area contributed by atoms with Crippen LogP contribution in [0.2, 0.25) is 0 Å². The van der Waals surface area contributed by atoms with Gasteiger partial charge in [0.1, 0.15) is 0 Å². The number of likely N-dealkylation sites (tertiary alicyclic amines) is 1. The van der Waals surface area contributed by atoms with E-state index in [2.05, 4.69) is 39.8 Å². The molecule has 2 N–H and O–H groups in total. The van der Waals surface area contributed by atoms with Crippen LogP contribution in [0.1, 0.15) is 42.1 Å². The molecular formula is C23H29N3O2. The molecule has 1 atom stereocenters. The van der Waals surface area contributed by atoms with Crippen LogP contribution in [0.5, 0.6) is 0 Å². The standard InChI is InChI=1S/C23H29N3O2/c1-18(24-23(28)20-10-6-3-7-11-20)16-22(27)25-21-12-14-26(15-13-21)17-19-8-4-2-5-9-19/h2-11,18,21H,12-17H2,1H3,(H,24,28)(H,25,27). The average Bonchev–Trinajstić information content (AvgIpc) is 2.70. The Balaban J connectivity index is 1.36. The van der Waals surface area contributed by atoms with Crippen LogP contribution in [0.15, 0.2) is 60.7 Å². The number of amides is 2. The fourth-order valence-corrected chi connectivity index (χ4v) is 3.59. The van der Waals surface area contributed by atoms with Crippen LogP contribution in [0, 0.1) is 0 Å². The van der Waals surface area contributed by atoms with Crippen LogP contribution in [-0.4, -0.2) is 41.9 Å². The SMILES string of the molecule is CC(CC(=O)NC1CCN(Cc2ccccc2)CC1)NC(=O)c1ccccc1. The minimum atomic E-state index is -0.203. The first kappa shape index (κ1) is 20.1. The van der Waals surface area contributed by atoms with Crippen LogP contribution in [0.4, 0.5) is 0 Å². The fourth-order valence-electron chi connectivity index (χ4n) is 3.59. The minimum absolute atomic E-state index is 0.00220. The maximum absolute atomic E-state index is 12.3.